The Morgan fingerprint density at radius 1 is 1.28 bits per heavy atom. The lowest BCUT2D eigenvalue weighted by atomic mass is 10.2. The highest BCUT2D eigenvalue weighted by Gasteiger charge is 2.13. The Bertz CT molecular complexity index is 634. The van der Waals surface area contributed by atoms with Gasteiger partial charge in [0.1, 0.15) is 0 Å². The Hall–Kier alpha value is -1.17. The lowest BCUT2D eigenvalue weighted by Crippen LogP contribution is -2.04. The monoisotopic (exact) mass is 346 g/mol. The van der Waals surface area contributed by atoms with Crippen LogP contribution in [0.4, 0.5) is 0 Å². The minimum absolute atomic E-state index is 0.105. The molecule has 0 unspecified atom stereocenters. The van der Waals surface area contributed by atoms with E-state index in [0.717, 1.165) is 0 Å². The summed E-state index contributed by atoms with van der Waals surface area (Å²) in [7, 11) is 0. The van der Waals surface area contributed by atoms with Crippen LogP contribution < -0.4 is 0 Å². The number of carboxylic acid groups (broad SMARTS) is 1. The molecule has 7 heteroatoms. The lowest BCUT2D eigenvalue weighted by molar-refractivity contribution is 0.0689. The number of hydrogen-bond acceptors (Lipinski definition) is 3. The van der Waals surface area contributed by atoms with Gasteiger partial charge in [-0.05, 0) is 34.1 Å². The van der Waals surface area contributed by atoms with Crippen molar-refractivity contribution in [2.45, 2.75) is 0 Å². The van der Waals surface area contributed by atoms with Gasteiger partial charge in [0.15, 0.2) is 11.5 Å². The van der Waals surface area contributed by atoms with Crippen LogP contribution in [0, 0.1) is 0 Å². The second-order valence-electron chi connectivity index (χ2n) is 3.32. The van der Waals surface area contributed by atoms with Crippen molar-refractivity contribution in [2.75, 3.05) is 0 Å². The third kappa shape index (κ3) is 2.63. The number of halogens is 3. The van der Waals surface area contributed by atoms with Gasteiger partial charge in [-0.15, -0.1) is 0 Å². The first-order valence-corrected chi connectivity index (χ1v) is 6.25. The fraction of sp³-hybridized carbons (Fsp3) is 0. The van der Waals surface area contributed by atoms with Crippen molar-refractivity contribution in [3.8, 4) is 11.4 Å². The summed E-state index contributed by atoms with van der Waals surface area (Å²) in [4.78, 5) is 19.0. The zero-order chi connectivity index (χ0) is 13.3. The Kier molecular flexibility index (Phi) is 3.85. The molecule has 2 rings (SSSR count). The van der Waals surface area contributed by atoms with Crippen molar-refractivity contribution in [3.63, 3.8) is 0 Å². The fourth-order valence-corrected chi connectivity index (χ4v) is 1.95. The maximum atomic E-state index is 11.0. The van der Waals surface area contributed by atoms with Crippen LogP contribution in [0.5, 0.6) is 0 Å². The molecule has 0 bridgehead atoms. The Balaban J connectivity index is 2.54. The molecular weight excluding hydrogens is 343 g/mol. The van der Waals surface area contributed by atoms with Gasteiger partial charge < -0.3 is 5.11 Å². The first-order valence-electron chi connectivity index (χ1n) is 4.70. The SMILES string of the molecule is O=C(O)c1nc(-c2ccc(Cl)c(Cl)c2)ncc1Br. The fourth-order valence-electron chi connectivity index (χ4n) is 1.29. The van der Waals surface area contributed by atoms with E-state index in [1.807, 2.05) is 0 Å². The summed E-state index contributed by atoms with van der Waals surface area (Å²) in [6.07, 6.45) is 1.38. The van der Waals surface area contributed by atoms with E-state index in [0.29, 0.717) is 20.1 Å². The molecule has 0 saturated heterocycles. The van der Waals surface area contributed by atoms with Crippen LogP contribution >= 0.6 is 39.1 Å². The molecule has 0 fully saturated rings. The quantitative estimate of drug-likeness (QED) is 0.894. The van der Waals surface area contributed by atoms with Crippen LogP contribution in [0.3, 0.4) is 0 Å². The summed E-state index contributed by atoms with van der Waals surface area (Å²) in [5.74, 6) is -0.861. The van der Waals surface area contributed by atoms with Gasteiger partial charge in [0.2, 0.25) is 0 Å². The van der Waals surface area contributed by atoms with E-state index < -0.39 is 5.97 Å². The lowest BCUT2D eigenvalue weighted by Gasteiger charge is -2.04. The first-order chi connectivity index (χ1) is 8.49. The molecule has 92 valence electrons. The normalized spacial score (nSPS) is 10.4. The van der Waals surface area contributed by atoms with Gasteiger partial charge in [0.25, 0.3) is 0 Å². The van der Waals surface area contributed by atoms with Crippen molar-refractivity contribution in [2.24, 2.45) is 0 Å². The highest BCUT2D eigenvalue weighted by atomic mass is 79.9. The number of rotatable bonds is 2. The van der Waals surface area contributed by atoms with Crippen LogP contribution in [0.2, 0.25) is 10.0 Å². The van der Waals surface area contributed by atoms with Gasteiger partial charge in [-0.3, -0.25) is 0 Å². The Labute approximate surface area is 121 Å². The van der Waals surface area contributed by atoms with Gasteiger partial charge in [-0.2, -0.15) is 0 Å². The predicted molar refractivity (Wildman–Crippen MR) is 72.1 cm³/mol. The molecule has 0 atom stereocenters. The number of carbonyl (C=O) groups is 1. The molecule has 0 aliphatic carbocycles. The number of hydrogen-bond donors (Lipinski definition) is 1. The summed E-state index contributed by atoms with van der Waals surface area (Å²) >= 11 is 14.8. The molecule has 0 amide bonds. The van der Waals surface area contributed by atoms with Gasteiger partial charge in [-0.1, -0.05) is 23.2 Å². The average molecular weight is 348 g/mol. The minimum atomic E-state index is -1.13. The zero-order valence-electron chi connectivity index (χ0n) is 8.69. The molecule has 2 aromatic rings. The molecule has 0 spiro atoms. The smallest absolute Gasteiger partial charge is 0.355 e. The van der Waals surface area contributed by atoms with E-state index in [9.17, 15) is 4.79 Å². The summed E-state index contributed by atoms with van der Waals surface area (Å²) in [6.45, 7) is 0. The van der Waals surface area contributed by atoms with E-state index >= 15 is 0 Å². The van der Waals surface area contributed by atoms with Crippen LogP contribution in [-0.4, -0.2) is 21.0 Å². The highest BCUT2D eigenvalue weighted by Crippen LogP contribution is 2.27. The number of aromatic nitrogens is 2. The molecule has 0 saturated carbocycles. The maximum absolute atomic E-state index is 11.0. The second kappa shape index (κ2) is 5.22. The summed E-state index contributed by atoms with van der Waals surface area (Å²) < 4.78 is 0.318. The molecular formula is C11H5BrCl2N2O2. The molecule has 0 aliphatic rings. The molecule has 18 heavy (non-hydrogen) atoms. The number of benzene rings is 1. The molecule has 1 heterocycles. The minimum Gasteiger partial charge on any atom is -0.476 e. The predicted octanol–water partition coefficient (Wildman–Crippen LogP) is 3.91. The van der Waals surface area contributed by atoms with Gasteiger partial charge in [-0.25, -0.2) is 14.8 Å². The number of nitrogens with zero attached hydrogens (tertiary/aromatic N) is 2. The zero-order valence-corrected chi connectivity index (χ0v) is 11.8. The van der Waals surface area contributed by atoms with E-state index in [-0.39, 0.29) is 11.5 Å². The van der Waals surface area contributed by atoms with Crippen molar-refractivity contribution in [3.05, 3.63) is 44.6 Å². The third-order valence-corrected chi connectivity index (χ3v) is 3.44. The molecule has 4 nitrogen and oxygen atoms in total. The number of aromatic carboxylic acids is 1. The molecule has 1 aromatic heterocycles. The molecule has 1 N–H and O–H groups in total. The van der Waals surface area contributed by atoms with E-state index in [4.69, 9.17) is 28.3 Å². The first kappa shape index (κ1) is 13.3. The number of carboxylic acids is 1. The summed E-state index contributed by atoms with van der Waals surface area (Å²) in [5, 5.41) is 9.74. The van der Waals surface area contributed by atoms with Crippen molar-refractivity contribution < 1.29 is 9.90 Å². The largest absolute Gasteiger partial charge is 0.476 e. The van der Waals surface area contributed by atoms with Gasteiger partial charge in [0, 0.05) is 11.8 Å². The van der Waals surface area contributed by atoms with Crippen LogP contribution in [0.15, 0.2) is 28.9 Å². The second-order valence-corrected chi connectivity index (χ2v) is 4.99. The van der Waals surface area contributed by atoms with Crippen molar-refractivity contribution >= 4 is 45.1 Å². The van der Waals surface area contributed by atoms with Gasteiger partial charge in [0.05, 0.1) is 14.5 Å². The van der Waals surface area contributed by atoms with Crippen LogP contribution in [0.25, 0.3) is 11.4 Å². The highest BCUT2D eigenvalue weighted by molar-refractivity contribution is 9.10. The van der Waals surface area contributed by atoms with Gasteiger partial charge >= 0.3 is 5.97 Å². The average Bonchev–Trinajstić information content (AvgIpc) is 2.33. The van der Waals surface area contributed by atoms with Crippen LogP contribution in [-0.2, 0) is 0 Å². The topological polar surface area (TPSA) is 63.1 Å². The summed E-state index contributed by atoms with van der Waals surface area (Å²) in [5.41, 5.74) is 0.491. The van der Waals surface area contributed by atoms with Crippen molar-refractivity contribution in [1.82, 2.24) is 9.97 Å². The molecule has 0 aliphatic heterocycles. The summed E-state index contributed by atoms with van der Waals surface area (Å²) in [6, 6.07) is 4.85. The van der Waals surface area contributed by atoms with E-state index in [1.165, 1.54) is 6.20 Å². The molecule has 1 aromatic carbocycles. The molecule has 0 radical (unpaired) electrons. The third-order valence-electron chi connectivity index (χ3n) is 2.12. The Morgan fingerprint density at radius 3 is 2.61 bits per heavy atom. The maximum Gasteiger partial charge on any atom is 0.355 e. The standard InChI is InChI=1S/C11H5BrCl2N2O2/c12-6-4-15-10(16-9(6)11(17)18)5-1-2-7(13)8(14)3-5/h1-4H,(H,17,18). The van der Waals surface area contributed by atoms with E-state index in [1.54, 1.807) is 18.2 Å². The van der Waals surface area contributed by atoms with Crippen LogP contribution in [0.1, 0.15) is 10.5 Å². The Morgan fingerprint density at radius 2 is 2.00 bits per heavy atom. The van der Waals surface area contributed by atoms with Crippen molar-refractivity contribution in [1.29, 1.82) is 0 Å². The van der Waals surface area contributed by atoms with E-state index in [2.05, 4.69) is 25.9 Å².